The van der Waals surface area contributed by atoms with Crippen LogP contribution in [0.4, 0.5) is 17.1 Å². The van der Waals surface area contributed by atoms with Crippen molar-refractivity contribution in [2.45, 2.75) is 5.41 Å². The lowest BCUT2D eigenvalue weighted by atomic mass is 9.61. The third-order valence-corrected chi connectivity index (χ3v) is 12.7. The summed E-state index contributed by atoms with van der Waals surface area (Å²) in [7, 11) is 0. The van der Waals surface area contributed by atoms with Crippen molar-refractivity contribution < 1.29 is 8.22 Å². The van der Waals surface area contributed by atoms with E-state index in [1.54, 1.807) is 0 Å². The quantitative estimate of drug-likeness (QED) is 0.174. The lowest BCUT2D eigenvalue weighted by molar-refractivity contribution is 0.773. The fourth-order valence-corrected chi connectivity index (χ4v) is 10.4. The predicted molar refractivity (Wildman–Crippen MR) is 247 cm³/mol. The van der Waals surface area contributed by atoms with Gasteiger partial charge in [0.25, 0.3) is 0 Å². The summed E-state index contributed by atoms with van der Waals surface area (Å²) in [5.74, 6) is 0. The Kier molecular flexibility index (Phi) is 5.57. The summed E-state index contributed by atoms with van der Waals surface area (Å²) in [5.41, 5.74) is 11.2. The molecule has 2 aliphatic rings. The lowest BCUT2D eigenvalue weighted by Gasteiger charge is -2.40. The van der Waals surface area contributed by atoms with Crippen molar-refractivity contribution in [1.29, 1.82) is 0 Å². The van der Waals surface area contributed by atoms with E-state index in [0.717, 1.165) is 88.7 Å². The fourth-order valence-electron chi connectivity index (χ4n) is 10.4. The summed E-state index contributed by atoms with van der Waals surface area (Å²) in [6.07, 6.45) is 0. The van der Waals surface area contributed by atoms with Gasteiger partial charge in [-0.3, -0.25) is 0 Å². The third-order valence-electron chi connectivity index (χ3n) is 12.7. The first-order valence-corrected chi connectivity index (χ1v) is 20.0. The molecule has 13 rings (SSSR count). The first-order valence-electron chi connectivity index (χ1n) is 23.0. The van der Waals surface area contributed by atoms with E-state index in [4.69, 9.17) is 1.37 Å². The van der Waals surface area contributed by atoms with Crippen LogP contribution in [0.3, 0.4) is 0 Å². The molecule has 59 heavy (non-hydrogen) atoms. The molecule has 0 N–H and O–H groups in total. The molecule has 0 aliphatic heterocycles. The predicted octanol–water partition coefficient (Wildman–Crippen LogP) is 14.9. The van der Waals surface area contributed by atoms with E-state index < -0.39 is 5.41 Å². The molecule has 1 spiro atoms. The van der Waals surface area contributed by atoms with Gasteiger partial charge in [0.05, 0.1) is 30.4 Å². The number of nitrogens with zero attached hydrogens (tertiary/aromatic N) is 2. The highest BCUT2D eigenvalue weighted by atomic mass is 15.1. The average Bonchev–Trinajstić information content (AvgIpc) is 3.83. The second-order valence-corrected chi connectivity index (χ2v) is 15.5. The van der Waals surface area contributed by atoms with Crippen LogP contribution in [-0.2, 0) is 5.41 Å². The fraction of sp³-hybridized carbons (Fsp3) is 0.0175. The van der Waals surface area contributed by atoms with Crippen LogP contribution in [0.15, 0.2) is 218 Å². The zero-order valence-electron chi connectivity index (χ0n) is 37.7. The Morgan fingerprint density at radius 2 is 1.03 bits per heavy atom. The Morgan fingerprint density at radius 1 is 0.407 bits per heavy atom. The number of aromatic nitrogens is 1. The molecular weight excluding hydrogens is 713 g/mol. The normalized spacial score (nSPS) is 16.3. The smallest absolute Gasteiger partial charge is 0.0726 e. The average molecular weight is 755 g/mol. The third kappa shape index (κ3) is 4.35. The van der Waals surface area contributed by atoms with Crippen LogP contribution < -0.4 is 4.90 Å². The molecule has 11 aromatic rings. The molecule has 274 valence electrons. The number of hydrogen-bond donors (Lipinski definition) is 0. The van der Waals surface area contributed by atoms with Crippen LogP contribution in [-0.4, -0.2) is 4.57 Å². The van der Waals surface area contributed by atoms with E-state index in [-0.39, 0.29) is 41.6 Å². The Bertz CT molecular complexity index is 3860. The van der Waals surface area contributed by atoms with Crippen LogP contribution in [0.5, 0.6) is 0 Å². The van der Waals surface area contributed by atoms with Crippen LogP contribution in [0, 0.1) is 0 Å². The lowest BCUT2D eigenvalue weighted by Crippen LogP contribution is -2.32. The van der Waals surface area contributed by atoms with E-state index in [1.807, 2.05) is 36.4 Å². The van der Waals surface area contributed by atoms with Gasteiger partial charge < -0.3 is 9.47 Å². The van der Waals surface area contributed by atoms with Crippen molar-refractivity contribution in [3.63, 3.8) is 0 Å². The van der Waals surface area contributed by atoms with Crippen molar-refractivity contribution in [3.8, 4) is 27.9 Å². The topological polar surface area (TPSA) is 8.17 Å². The number of hydrogen-bond acceptors (Lipinski definition) is 1. The number of benzene rings is 10. The number of para-hydroxylation sites is 2. The standard InChI is InChI=1S/C57H36N2/c1-2-19-39(20-3-1)59-54-29-11-8-24-46(54)48-35-40(32-34-55(48)59)58(53-30-14-16-37-15-4-5-21-42(37)53)41-31-33-45-43-22-6-9-26-49(43)57(52(45)36-41)50-27-10-7-23-44(50)47-25-12-17-38-18-13-28-51(57)56(38)47/h1-36H/i12D,13D,17D,18D,25D,28D. The molecule has 10 aromatic carbocycles. The Hall–Kier alpha value is -7.68. The van der Waals surface area contributed by atoms with E-state index >= 15 is 0 Å². The Labute approximate surface area is 350 Å². The molecule has 1 heterocycles. The molecule has 0 saturated carbocycles. The summed E-state index contributed by atoms with van der Waals surface area (Å²) >= 11 is 0. The van der Waals surface area contributed by atoms with Gasteiger partial charge in [-0.1, -0.05) is 164 Å². The van der Waals surface area contributed by atoms with Gasteiger partial charge in [-0.05, 0) is 115 Å². The van der Waals surface area contributed by atoms with Crippen molar-refractivity contribution in [1.82, 2.24) is 4.57 Å². The molecular formula is C57H36N2. The molecule has 2 aliphatic carbocycles. The molecule has 2 heteroatoms. The molecule has 1 atom stereocenters. The van der Waals surface area contributed by atoms with E-state index in [1.165, 1.54) is 0 Å². The maximum atomic E-state index is 9.87. The van der Waals surface area contributed by atoms with Crippen molar-refractivity contribution in [2.75, 3.05) is 4.90 Å². The van der Waals surface area contributed by atoms with Gasteiger partial charge in [-0.2, -0.15) is 0 Å². The van der Waals surface area contributed by atoms with Crippen molar-refractivity contribution >= 4 is 60.4 Å². The van der Waals surface area contributed by atoms with Gasteiger partial charge >= 0.3 is 0 Å². The molecule has 0 fully saturated rings. The second kappa shape index (κ2) is 12.2. The van der Waals surface area contributed by atoms with E-state index in [0.29, 0.717) is 16.5 Å². The van der Waals surface area contributed by atoms with Gasteiger partial charge in [0.15, 0.2) is 0 Å². The van der Waals surface area contributed by atoms with Crippen LogP contribution >= 0.6 is 0 Å². The van der Waals surface area contributed by atoms with Gasteiger partial charge in [0.1, 0.15) is 0 Å². The SMILES string of the molecule is [2H]c1c([2H])c2c3c(c([2H])c([2H])c([2H])c3c1[2H])C1(c3ccccc3-c3ccc(N(c4ccc5c(c4)c4ccccc4n5-c4ccccc4)c4cccc5ccccc45)cc31)c1ccccc1-2. The number of anilines is 3. The highest BCUT2D eigenvalue weighted by molar-refractivity contribution is 6.12. The van der Waals surface area contributed by atoms with Gasteiger partial charge in [0.2, 0.25) is 0 Å². The van der Waals surface area contributed by atoms with Crippen LogP contribution in [0.25, 0.3) is 71.3 Å². The first kappa shape index (κ1) is 27.0. The molecule has 0 radical (unpaired) electrons. The van der Waals surface area contributed by atoms with E-state index in [9.17, 15) is 6.85 Å². The van der Waals surface area contributed by atoms with E-state index in [2.05, 4.69) is 155 Å². The monoisotopic (exact) mass is 754 g/mol. The molecule has 1 aromatic heterocycles. The Morgan fingerprint density at radius 3 is 1.88 bits per heavy atom. The number of fused-ring (bicyclic) bond motifs is 13. The summed E-state index contributed by atoms with van der Waals surface area (Å²) in [6.45, 7) is 0. The Balaban J connectivity index is 1.15. The van der Waals surface area contributed by atoms with Gasteiger partial charge in [0, 0.05) is 33.2 Å². The van der Waals surface area contributed by atoms with Crippen LogP contribution in [0.1, 0.15) is 30.5 Å². The van der Waals surface area contributed by atoms with Crippen molar-refractivity contribution in [3.05, 3.63) is 240 Å². The zero-order chi connectivity index (χ0) is 43.9. The summed E-state index contributed by atoms with van der Waals surface area (Å²) in [5, 5.41) is 5.00. The zero-order valence-corrected chi connectivity index (χ0v) is 31.7. The highest BCUT2D eigenvalue weighted by Crippen LogP contribution is 2.62. The van der Waals surface area contributed by atoms with Gasteiger partial charge in [-0.15, -0.1) is 0 Å². The molecule has 1 unspecified atom stereocenters. The maximum absolute atomic E-state index is 9.87. The molecule has 0 saturated heterocycles. The molecule has 0 bridgehead atoms. The minimum atomic E-state index is -1.18. The number of rotatable bonds is 4. The van der Waals surface area contributed by atoms with Gasteiger partial charge in [-0.25, -0.2) is 0 Å². The molecule has 0 amide bonds. The summed E-state index contributed by atoms with van der Waals surface area (Å²) in [6, 6.07) is 61.9. The summed E-state index contributed by atoms with van der Waals surface area (Å²) in [4.78, 5) is 2.33. The minimum absolute atomic E-state index is 0.117. The second-order valence-electron chi connectivity index (χ2n) is 15.5. The maximum Gasteiger partial charge on any atom is 0.0726 e. The molecule has 2 nitrogen and oxygen atoms in total. The summed E-state index contributed by atoms with van der Waals surface area (Å²) < 4.78 is 58.1. The first-order chi connectivity index (χ1) is 31.8. The van der Waals surface area contributed by atoms with Crippen LogP contribution in [0.2, 0.25) is 0 Å². The minimum Gasteiger partial charge on any atom is -0.310 e. The van der Waals surface area contributed by atoms with Crippen molar-refractivity contribution in [2.24, 2.45) is 0 Å². The highest BCUT2D eigenvalue weighted by Gasteiger charge is 2.50. The largest absolute Gasteiger partial charge is 0.310 e.